The number of esters is 1. The van der Waals surface area contributed by atoms with Crippen LogP contribution in [0.25, 0.3) is 0 Å². The fourth-order valence-electron chi connectivity index (χ4n) is 1.94. The molecule has 0 aromatic heterocycles. The Balaban J connectivity index is 2.39. The fraction of sp³-hybridized carbons (Fsp3) is 0.524. The molecule has 2 N–H and O–H groups in total. The van der Waals surface area contributed by atoms with Crippen molar-refractivity contribution < 1.29 is 28.7 Å². The maximum absolute atomic E-state index is 12.1. The van der Waals surface area contributed by atoms with Gasteiger partial charge in [0.1, 0.15) is 5.60 Å². The van der Waals surface area contributed by atoms with E-state index in [2.05, 4.69) is 10.6 Å². The molecule has 1 rings (SSSR count). The predicted molar refractivity (Wildman–Crippen MR) is 109 cm³/mol. The van der Waals surface area contributed by atoms with Crippen LogP contribution in [0.5, 0.6) is 0 Å². The summed E-state index contributed by atoms with van der Waals surface area (Å²) in [6, 6.07) is 6.34. The van der Waals surface area contributed by atoms with Crippen molar-refractivity contribution in [1.82, 2.24) is 5.32 Å². The van der Waals surface area contributed by atoms with Crippen molar-refractivity contribution in [3.63, 3.8) is 0 Å². The highest BCUT2D eigenvalue weighted by molar-refractivity contribution is 5.99. The average Bonchev–Trinajstić information content (AvgIpc) is 2.58. The zero-order valence-corrected chi connectivity index (χ0v) is 17.9. The molecule has 0 unspecified atom stereocenters. The number of nitrogens with one attached hydrogen (secondary N) is 2. The number of carbonyl (C=O) groups is 4. The molecule has 0 heterocycles. The minimum Gasteiger partial charge on any atom is -0.457 e. The van der Waals surface area contributed by atoms with Gasteiger partial charge in [0, 0.05) is 23.2 Å². The smallest absolute Gasteiger partial charge is 0.407 e. The van der Waals surface area contributed by atoms with E-state index in [0.29, 0.717) is 11.3 Å². The van der Waals surface area contributed by atoms with Crippen molar-refractivity contribution in [1.29, 1.82) is 0 Å². The van der Waals surface area contributed by atoms with E-state index in [1.54, 1.807) is 65.8 Å². The number of anilines is 1. The van der Waals surface area contributed by atoms with E-state index in [1.807, 2.05) is 0 Å². The summed E-state index contributed by atoms with van der Waals surface area (Å²) in [5.74, 6) is -1.11. The topological polar surface area (TPSA) is 111 Å². The molecular weight excluding hydrogens is 376 g/mol. The number of rotatable bonds is 7. The van der Waals surface area contributed by atoms with Gasteiger partial charge < -0.3 is 20.1 Å². The Kier molecular flexibility index (Phi) is 8.36. The van der Waals surface area contributed by atoms with Gasteiger partial charge in [-0.05, 0) is 45.0 Å². The number of alkyl carbamates (subject to hydrolysis) is 1. The number of ether oxygens (including phenoxy) is 2. The van der Waals surface area contributed by atoms with Crippen LogP contribution in [-0.4, -0.2) is 42.5 Å². The standard InChI is InChI=1S/C21H30N2O6/c1-20(2,3)18(26)23-15-9-7-14(8-10-15)16(24)13-28-17(25)11-12-22-19(27)29-21(4,5)6/h7-10H,11-13H2,1-6H3,(H,22,27)(H,23,26). The summed E-state index contributed by atoms with van der Waals surface area (Å²) >= 11 is 0. The summed E-state index contributed by atoms with van der Waals surface area (Å²) in [4.78, 5) is 47.3. The normalized spacial score (nSPS) is 11.4. The Morgan fingerprint density at radius 1 is 0.931 bits per heavy atom. The lowest BCUT2D eigenvalue weighted by atomic mass is 9.95. The van der Waals surface area contributed by atoms with Crippen LogP contribution in [-0.2, 0) is 19.1 Å². The van der Waals surface area contributed by atoms with Gasteiger partial charge in [0.05, 0.1) is 6.42 Å². The van der Waals surface area contributed by atoms with E-state index in [4.69, 9.17) is 9.47 Å². The Bertz CT molecular complexity index is 742. The van der Waals surface area contributed by atoms with E-state index in [9.17, 15) is 19.2 Å². The van der Waals surface area contributed by atoms with E-state index in [-0.39, 0.29) is 24.7 Å². The van der Waals surface area contributed by atoms with Crippen LogP contribution in [0.15, 0.2) is 24.3 Å². The third-order valence-electron chi connectivity index (χ3n) is 3.51. The summed E-state index contributed by atoms with van der Waals surface area (Å²) in [5.41, 5.74) is -0.214. The van der Waals surface area contributed by atoms with Gasteiger partial charge in [-0.2, -0.15) is 0 Å². The number of hydrogen-bond acceptors (Lipinski definition) is 6. The second kappa shape index (κ2) is 10.0. The van der Waals surface area contributed by atoms with Gasteiger partial charge in [-0.25, -0.2) is 4.79 Å². The van der Waals surface area contributed by atoms with Crippen LogP contribution < -0.4 is 10.6 Å². The van der Waals surface area contributed by atoms with Crippen LogP contribution in [0.4, 0.5) is 10.5 Å². The first kappa shape index (κ1) is 24.1. The van der Waals surface area contributed by atoms with Gasteiger partial charge in [0.25, 0.3) is 0 Å². The first-order valence-corrected chi connectivity index (χ1v) is 9.35. The molecule has 0 aliphatic heterocycles. The quantitative estimate of drug-likeness (QED) is 0.531. The van der Waals surface area contributed by atoms with Crippen LogP contribution in [0, 0.1) is 5.41 Å². The Hall–Kier alpha value is -2.90. The maximum atomic E-state index is 12.1. The van der Waals surface area contributed by atoms with E-state index >= 15 is 0 Å². The number of amides is 2. The molecular formula is C21H30N2O6. The van der Waals surface area contributed by atoms with Crippen LogP contribution in [0.3, 0.4) is 0 Å². The molecule has 0 aliphatic carbocycles. The Morgan fingerprint density at radius 3 is 2.03 bits per heavy atom. The lowest BCUT2D eigenvalue weighted by molar-refractivity contribution is -0.142. The van der Waals surface area contributed by atoms with Crippen molar-refractivity contribution >= 4 is 29.4 Å². The SMILES string of the molecule is CC(C)(C)OC(=O)NCCC(=O)OCC(=O)c1ccc(NC(=O)C(C)(C)C)cc1. The molecule has 0 spiro atoms. The Morgan fingerprint density at radius 2 is 1.52 bits per heavy atom. The number of benzene rings is 1. The van der Waals surface area contributed by atoms with Crippen molar-refractivity contribution in [2.24, 2.45) is 5.41 Å². The minimum atomic E-state index is -0.625. The molecule has 0 atom stereocenters. The molecule has 8 nitrogen and oxygen atoms in total. The minimum absolute atomic E-state index is 0.0457. The average molecular weight is 406 g/mol. The third-order valence-corrected chi connectivity index (χ3v) is 3.51. The highest BCUT2D eigenvalue weighted by Gasteiger charge is 2.21. The third kappa shape index (κ3) is 9.73. The lowest BCUT2D eigenvalue weighted by Crippen LogP contribution is -2.33. The zero-order chi connectivity index (χ0) is 22.2. The second-order valence-corrected chi connectivity index (χ2v) is 8.54. The molecule has 0 aliphatic rings. The van der Waals surface area contributed by atoms with Crippen molar-refractivity contribution in [2.75, 3.05) is 18.5 Å². The molecule has 0 radical (unpaired) electrons. The van der Waals surface area contributed by atoms with Gasteiger partial charge in [-0.15, -0.1) is 0 Å². The number of hydrogen-bond donors (Lipinski definition) is 2. The fourth-order valence-corrected chi connectivity index (χ4v) is 1.94. The molecule has 0 saturated carbocycles. The summed E-state index contributed by atoms with van der Waals surface area (Å²) in [5, 5.41) is 5.20. The van der Waals surface area contributed by atoms with Crippen molar-refractivity contribution in [2.45, 2.75) is 53.6 Å². The van der Waals surface area contributed by atoms with E-state index in [1.165, 1.54) is 0 Å². The van der Waals surface area contributed by atoms with Gasteiger partial charge in [0.15, 0.2) is 12.4 Å². The molecule has 29 heavy (non-hydrogen) atoms. The van der Waals surface area contributed by atoms with Gasteiger partial charge in [-0.3, -0.25) is 14.4 Å². The summed E-state index contributed by atoms with van der Waals surface area (Å²) in [6.07, 6.45) is -0.704. The summed E-state index contributed by atoms with van der Waals surface area (Å²) in [7, 11) is 0. The molecule has 0 saturated heterocycles. The van der Waals surface area contributed by atoms with Crippen LogP contribution in [0.2, 0.25) is 0 Å². The van der Waals surface area contributed by atoms with E-state index < -0.39 is 29.7 Å². The van der Waals surface area contributed by atoms with Crippen molar-refractivity contribution in [3.05, 3.63) is 29.8 Å². The lowest BCUT2D eigenvalue weighted by Gasteiger charge is -2.19. The van der Waals surface area contributed by atoms with E-state index in [0.717, 1.165) is 0 Å². The second-order valence-electron chi connectivity index (χ2n) is 8.54. The highest BCUT2D eigenvalue weighted by Crippen LogP contribution is 2.18. The Labute approximate surface area is 171 Å². The van der Waals surface area contributed by atoms with Gasteiger partial charge in [0.2, 0.25) is 5.91 Å². The zero-order valence-electron chi connectivity index (χ0n) is 17.9. The van der Waals surface area contributed by atoms with Crippen molar-refractivity contribution in [3.8, 4) is 0 Å². The monoisotopic (exact) mass is 406 g/mol. The first-order chi connectivity index (χ1) is 13.3. The molecule has 1 aromatic carbocycles. The number of Topliss-reactive ketones (excluding diaryl/α,β-unsaturated/α-hetero) is 1. The highest BCUT2D eigenvalue weighted by atomic mass is 16.6. The largest absolute Gasteiger partial charge is 0.457 e. The predicted octanol–water partition coefficient (Wildman–Crippen LogP) is 3.31. The number of ketones is 1. The maximum Gasteiger partial charge on any atom is 0.407 e. The molecule has 0 bridgehead atoms. The van der Waals surface area contributed by atoms with Crippen LogP contribution in [0.1, 0.15) is 58.3 Å². The molecule has 2 amide bonds. The van der Waals surface area contributed by atoms with Gasteiger partial charge >= 0.3 is 12.1 Å². The van der Waals surface area contributed by atoms with Gasteiger partial charge in [-0.1, -0.05) is 20.8 Å². The summed E-state index contributed by atoms with van der Waals surface area (Å²) < 4.78 is 9.98. The molecule has 1 aromatic rings. The van der Waals surface area contributed by atoms with Crippen LogP contribution >= 0.6 is 0 Å². The first-order valence-electron chi connectivity index (χ1n) is 9.35. The molecule has 160 valence electrons. The molecule has 8 heteroatoms. The summed E-state index contributed by atoms with van der Waals surface area (Å²) in [6.45, 7) is 10.3. The number of carbonyl (C=O) groups excluding carboxylic acids is 4. The molecule has 0 fully saturated rings.